The van der Waals surface area contributed by atoms with E-state index in [9.17, 15) is 36.7 Å². The van der Waals surface area contributed by atoms with Gasteiger partial charge in [0.25, 0.3) is 5.91 Å². The topological polar surface area (TPSA) is 118 Å². The van der Waals surface area contributed by atoms with Gasteiger partial charge in [-0.05, 0) is 61.0 Å². The largest absolute Gasteiger partial charge is 0.490 e. The minimum absolute atomic E-state index is 0.179. The highest BCUT2D eigenvalue weighted by Crippen LogP contribution is 2.54. The zero-order valence-electron chi connectivity index (χ0n) is 23.7. The van der Waals surface area contributed by atoms with E-state index in [1.807, 2.05) is 0 Å². The van der Waals surface area contributed by atoms with Crippen LogP contribution in [0.3, 0.4) is 0 Å². The first kappa shape index (κ1) is 31.4. The number of ether oxygens (including phenoxy) is 2. The Labute approximate surface area is 266 Å². The third kappa shape index (κ3) is 5.87. The van der Waals surface area contributed by atoms with Gasteiger partial charge >= 0.3 is 11.0 Å². The number of hydrogen-bond acceptors (Lipinski definition) is 8. The smallest absolute Gasteiger partial charge is 0.418 e. The number of imide groups is 1. The predicted molar refractivity (Wildman–Crippen MR) is 162 cm³/mol. The number of para-hydroxylation sites is 1. The van der Waals surface area contributed by atoms with E-state index in [-0.39, 0.29) is 18.1 Å². The summed E-state index contributed by atoms with van der Waals surface area (Å²) in [5.41, 5.74) is -0.869. The SMILES string of the molecule is CCOc1cc([C@H]2c3sc(=O)[nH]c3SC3C(=O)N(c4ccccc4C(F)(F)F)C(=O)C32)ccc1OCC(=O)Nc1ccc(F)cc1. The maximum absolute atomic E-state index is 14.0. The van der Waals surface area contributed by atoms with Crippen molar-refractivity contribution in [1.29, 1.82) is 0 Å². The van der Waals surface area contributed by atoms with Crippen LogP contribution in [0.4, 0.5) is 28.9 Å². The average molecular weight is 674 g/mol. The van der Waals surface area contributed by atoms with Crippen LogP contribution in [0.2, 0.25) is 0 Å². The molecule has 2 unspecified atom stereocenters. The number of benzene rings is 3. The van der Waals surface area contributed by atoms with Gasteiger partial charge in [0.1, 0.15) is 11.1 Å². The summed E-state index contributed by atoms with van der Waals surface area (Å²) in [5, 5.41) is 1.82. The number of H-pyrrole nitrogens is 1. The molecule has 1 aromatic heterocycles. The van der Waals surface area contributed by atoms with E-state index >= 15 is 0 Å². The quantitative estimate of drug-likeness (QED) is 0.179. The highest BCUT2D eigenvalue weighted by Gasteiger charge is 2.57. The molecule has 0 bridgehead atoms. The van der Waals surface area contributed by atoms with Crippen molar-refractivity contribution in [1.82, 2.24) is 4.98 Å². The first-order valence-electron chi connectivity index (χ1n) is 13.8. The summed E-state index contributed by atoms with van der Waals surface area (Å²) in [4.78, 5) is 55.8. The van der Waals surface area contributed by atoms with Gasteiger partial charge in [0.2, 0.25) is 11.8 Å². The molecule has 46 heavy (non-hydrogen) atoms. The van der Waals surface area contributed by atoms with Crippen molar-refractivity contribution < 1.29 is 41.4 Å². The highest BCUT2D eigenvalue weighted by molar-refractivity contribution is 8.00. The van der Waals surface area contributed by atoms with Crippen LogP contribution in [0.25, 0.3) is 0 Å². The number of nitrogens with one attached hydrogen (secondary N) is 2. The minimum Gasteiger partial charge on any atom is -0.490 e. The van der Waals surface area contributed by atoms with Crippen LogP contribution >= 0.6 is 23.1 Å². The maximum atomic E-state index is 14.0. The lowest BCUT2D eigenvalue weighted by molar-refractivity contribution is -0.137. The third-order valence-corrected chi connectivity index (χ3v) is 9.79. The standard InChI is InChI=1S/C31H23F4N3O6S2/c1-2-43-21-13-15(7-12-20(21)44-14-22(39)36-17-10-8-16(32)9-11-17)23-24-26(45-27-25(23)46-30(42)37-27)29(41)38(28(24)40)19-6-4-3-5-18(19)31(33,34)35/h3-13,23-24,26H,2,14H2,1H3,(H,36,39)(H,37,42)/t23-,24?,26?/m1/s1. The normalized spacial score (nSPS) is 19.1. The van der Waals surface area contributed by atoms with Crippen LogP contribution in [0.1, 0.15) is 28.8 Å². The number of halogens is 4. The minimum atomic E-state index is -4.82. The van der Waals surface area contributed by atoms with Crippen LogP contribution in [0, 0.1) is 11.7 Å². The number of nitrogens with zero attached hydrogens (tertiary/aromatic N) is 1. The molecule has 2 aliphatic heterocycles. The number of rotatable bonds is 8. The zero-order chi connectivity index (χ0) is 32.7. The third-order valence-electron chi connectivity index (χ3n) is 7.39. The van der Waals surface area contributed by atoms with E-state index in [4.69, 9.17) is 9.47 Å². The Kier molecular flexibility index (Phi) is 8.37. The Morgan fingerprint density at radius 3 is 2.43 bits per heavy atom. The van der Waals surface area contributed by atoms with Crippen molar-refractivity contribution in [3.8, 4) is 11.5 Å². The number of hydrogen-bond donors (Lipinski definition) is 2. The summed E-state index contributed by atoms with van der Waals surface area (Å²) in [7, 11) is 0. The molecule has 1 fully saturated rings. The van der Waals surface area contributed by atoms with Crippen molar-refractivity contribution in [2.24, 2.45) is 5.92 Å². The van der Waals surface area contributed by atoms with Gasteiger partial charge in [-0.25, -0.2) is 9.29 Å². The van der Waals surface area contributed by atoms with E-state index in [1.54, 1.807) is 19.1 Å². The lowest BCUT2D eigenvalue weighted by Crippen LogP contribution is -2.33. The Hall–Kier alpha value is -4.63. The molecule has 6 rings (SSSR count). The molecule has 0 radical (unpaired) electrons. The average Bonchev–Trinajstić information content (AvgIpc) is 3.51. The zero-order valence-corrected chi connectivity index (χ0v) is 25.4. The number of amides is 3. The van der Waals surface area contributed by atoms with Gasteiger partial charge in [-0.1, -0.05) is 41.3 Å². The molecule has 0 aliphatic carbocycles. The van der Waals surface area contributed by atoms with Crippen molar-refractivity contribution >= 4 is 52.2 Å². The number of anilines is 2. The molecule has 2 aliphatic rings. The molecular weight excluding hydrogens is 650 g/mol. The summed E-state index contributed by atoms with van der Waals surface area (Å²) in [6.45, 7) is 1.48. The van der Waals surface area contributed by atoms with Crippen LogP contribution in [-0.4, -0.2) is 41.2 Å². The Bertz CT molecular complexity index is 1890. The number of thioether (sulfide) groups is 1. The summed E-state index contributed by atoms with van der Waals surface area (Å²) in [6, 6.07) is 14.2. The van der Waals surface area contributed by atoms with Gasteiger partial charge in [-0.2, -0.15) is 13.2 Å². The predicted octanol–water partition coefficient (Wildman–Crippen LogP) is 5.81. The molecule has 2 N–H and O–H groups in total. The fourth-order valence-electron chi connectivity index (χ4n) is 5.50. The summed E-state index contributed by atoms with van der Waals surface area (Å²) in [6.07, 6.45) is -4.82. The monoisotopic (exact) mass is 673 g/mol. The number of aromatic amines is 1. The molecule has 9 nitrogen and oxygen atoms in total. The number of fused-ring (bicyclic) bond motifs is 2. The Balaban J connectivity index is 1.33. The van der Waals surface area contributed by atoms with Gasteiger partial charge in [-0.3, -0.25) is 19.2 Å². The lowest BCUT2D eigenvalue weighted by atomic mass is 9.83. The molecule has 3 heterocycles. The molecule has 1 saturated heterocycles. The van der Waals surface area contributed by atoms with E-state index in [0.717, 1.165) is 35.2 Å². The molecule has 3 aromatic carbocycles. The van der Waals surface area contributed by atoms with E-state index in [0.29, 0.717) is 26.1 Å². The lowest BCUT2D eigenvalue weighted by Gasteiger charge is -2.30. The van der Waals surface area contributed by atoms with Gasteiger partial charge in [-0.15, -0.1) is 0 Å². The summed E-state index contributed by atoms with van der Waals surface area (Å²) >= 11 is 1.79. The Morgan fingerprint density at radius 1 is 0.978 bits per heavy atom. The van der Waals surface area contributed by atoms with E-state index < -0.39 is 69.5 Å². The fourth-order valence-corrected chi connectivity index (χ4v) is 8.02. The molecule has 15 heteroatoms. The van der Waals surface area contributed by atoms with Crippen molar-refractivity contribution in [2.75, 3.05) is 23.4 Å². The van der Waals surface area contributed by atoms with Gasteiger partial charge in [0.15, 0.2) is 18.1 Å². The first-order valence-corrected chi connectivity index (χ1v) is 15.5. The summed E-state index contributed by atoms with van der Waals surface area (Å²) in [5.74, 6) is -4.28. The van der Waals surface area contributed by atoms with Gasteiger partial charge in [0, 0.05) is 16.5 Å². The highest BCUT2D eigenvalue weighted by atomic mass is 32.2. The second kappa shape index (κ2) is 12.3. The summed E-state index contributed by atoms with van der Waals surface area (Å²) < 4.78 is 66.4. The number of aromatic nitrogens is 1. The Morgan fingerprint density at radius 2 is 1.72 bits per heavy atom. The first-order chi connectivity index (χ1) is 22.0. The van der Waals surface area contributed by atoms with E-state index in [2.05, 4.69) is 10.3 Å². The molecule has 0 spiro atoms. The van der Waals surface area contributed by atoms with Crippen molar-refractivity contribution in [3.05, 3.63) is 98.2 Å². The molecule has 3 amide bonds. The maximum Gasteiger partial charge on any atom is 0.418 e. The second-order valence-electron chi connectivity index (χ2n) is 10.3. The molecule has 238 valence electrons. The number of thiazole rings is 1. The van der Waals surface area contributed by atoms with Gasteiger partial charge < -0.3 is 19.8 Å². The van der Waals surface area contributed by atoms with Crippen LogP contribution < -0.4 is 24.6 Å². The van der Waals surface area contributed by atoms with Gasteiger partial charge in [0.05, 0.1) is 28.8 Å². The van der Waals surface area contributed by atoms with Crippen molar-refractivity contribution in [3.63, 3.8) is 0 Å². The van der Waals surface area contributed by atoms with E-state index in [1.165, 1.54) is 42.5 Å². The molecule has 0 saturated carbocycles. The fraction of sp³-hybridized carbons (Fsp3) is 0.226. The second-order valence-corrected chi connectivity index (χ2v) is 12.4. The number of carbonyl (C=O) groups is 3. The number of carbonyl (C=O) groups excluding carboxylic acids is 3. The van der Waals surface area contributed by atoms with Crippen LogP contribution in [-0.2, 0) is 20.6 Å². The molecular formula is C31H23F4N3O6S2. The van der Waals surface area contributed by atoms with Crippen molar-refractivity contribution in [2.45, 2.75) is 29.3 Å². The van der Waals surface area contributed by atoms with Crippen LogP contribution in [0.15, 0.2) is 76.6 Å². The molecule has 3 atom stereocenters. The van der Waals surface area contributed by atoms with Crippen LogP contribution in [0.5, 0.6) is 11.5 Å². The number of alkyl halides is 3. The molecule has 4 aromatic rings.